The van der Waals surface area contributed by atoms with Gasteiger partial charge in [-0.15, -0.1) is 0 Å². The van der Waals surface area contributed by atoms with E-state index in [1.54, 1.807) is 6.20 Å². The fourth-order valence-corrected chi connectivity index (χ4v) is 3.29. The second-order valence-electron chi connectivity index (χ2n) is 6.76. The highest BCUT2D eigenvalue weighted by Gasteiger charge is 2.15. The molecule has 3 aromatic heterocycles. The Labute approximate surface area is 147 Å². The van der Waals surface area contributed by atoms with Crippen molar-refractivity contribution in [2.45, 2.75) is 39.2 Å². The summed E-state index contributed by atoms with van der Waals surface area (Å²) in [4.78, 5) is 11.2. The van der Waals surface area contributed by atoms with Gasteiger partial charge in [0.15, 0.2) is 0 Å². The molecule has 130 valence electrons. The number of nitrogens with zero attached hydrogens (tertiary/aromatic N) is 4. The zero-order valence-electron chi connectivity index (χ0n) is 14.7. The summed E-state index contributed by atoms with van der Waals surface area (Å²) in [5, 5.41) is 8.58. The van der Waals surface area contributed by atoms with Gasteiger partial charge in [-0.25, -0.2) is 9.97 Å². The van der Waals surface area contributed by atoms with E-state index in [9.17, 15) is 0 Å². The lowest BCUT2D eigenvalue weighted by atomic mass is 10.1. The molecule has 0 aliphatic carbocycles. The van der Waals surface area contributed by atoms with Crippen molar-refractivity contribution >= 4 is 16.7 Å². The van der Waals surface area contributed by atoms with Gasteiger partial charge in [0, 0.05) is 36.3 Å². The van der Waals surface area contributed by atoms with Gasteiger partial charge >= 0.3 is 0 Å². The van der Waals surface area contributed by atoms with Crippen LogP contribution in [0.15, 0.2) is 30.6 Å². The van der Waals surface area contributed by atoms with Crippen LogP contribution in [0.4, 0.5) is 5.82 Å². The number of pyridine rings is 2. The van der Waals surface area contributed by atoms with E-state index < -0.39 is 0 Å². The molecule has 6 nitrogen and oxygen atoms in total. The largest absolute Gasteiger partial charge is 0.475 e. The van der Waals surface area contributed by atoms with Crippen molar-refractivity contribution < 1.29 is 4.74 Å². The summed E-state index contributed by atoms with van der Waals surface area (Å²) < 4.78 is 5.73. The highest BCUT2D eigenvalue weighted by molar-refractivity contribution is 5.93. The molecule has 0 unspecified atom stereocenters. The number of anilines is 1. The van der Waals surface area contributed by atoms with Crippen molar-refractivity contribution in [1.82, 2.24) is 20.2 Å². The van der Waals surface area contributed by atoms with Crippen molar-refractivity contribution in [1.29, 1.82) is 0 Å². The van der Waals surface area contributed by atoms with Crippen LogP contribution in [0.25, 0.3) is 22.2 Å². The molecule has 0 bridgehead atoms. The number of piperidine rings is 1. The van der Waals surface area contributed by atoms with E-state index >= 15 is 0 Å². The quantitative estimate of drug-likeness (QED) is 0.784. The lowest BCUT2D eigenvalue weighted by Gasteiger charge is -2.27. The smallest absolute Gasteiger partial charge is 0.214 e. The first-order valence-electron chi connectivity index (χ1n) is 8.93. The van der Waals surface area contributed by atoms with Crippen molar-refractivity contribution in [3.63, 3.8) is 0 Å². The Morgan fingerprint density at radius 2 is 1.96 bits per heavy atom. The number of nitrogens with one attached hydrogen (secondary N) is 1. The van der Waals surface area contributed by atoms with Crippen LogP contribution in [-0.2, 0) is 0 Å². The summed E-state index contributed by atoms with van der Waals surface area (Å²) in [5.41, 5.74) is 2.87. The van der Waals surface area contributed by atoms with Crippen LogP contribution in [0, 0.1) is 0 Å². The van der Waals surface area contributed by atoms with Crippen molar-refractivity contribution in [2.75, 3.05) is 18.0 Å². The van der Waals surface area contributed by atoms with Crippen LogP contribution in [-0.4, -0.2) is 39.4 Å². The summed E-state index contributed by atoms with van der Waals surface area (Å²) in [5.74, 6) is 1.65. The zero-order valence-corrected chi connectivity index (χ0v) is 14.7. The third-order valence-corrected chi connectivity index (χ3v) is 4.48. The van der Waals surface area contributed by atoms with Gasteiger partial charge in [-0.05, 0) is 45.2 Å². The number of hydrogen-bond acceptors (Lipinski definition) is 5. The van der Waals surface area contributed by atoms with Crippen LogP contribution in [0.3, 0.4) is 0 Å². The Morgan fingerprint density at radius 1 is 1.12 bits per heavy atom. The minimum absolute atomic E-state index is 0.0898. The molecule has 0 radical (unpaired) electrons. The van der Waals surface area contributed by atoms with E-state index in [4.69, 9.17) is 4.74 Å². The second-order valence-corrected chi connectivity index (χ2v) is 6.76. The monoisotopic (exact) mass is 337 g/mol. The Morgan fingerprint density at radius 3 is 2.76 bits per heavy atom. The van der Waals surface area contributed by atoms with E-state index in [0.717, 1.165) is 41.1 Å². The van der Waals surface area contributed by atoms with E-state index in [-0.39, 0.29) is 6.10 Å². The SMILES string of the molecule is CC(C)Oc1cc2c(-c3ccnc(N4CCCCC4)c3)n[nH]c2cn1. The first-order valence-corrected chi connectivity index (χ1v) is 8.93. The summed E-state index contributed by atoms with van der Waals surface area (Å²) >= 11 is 0. The molecule has 0 spiro atoms. The topological polar surface area (TPSA) is 66.9 Å². The van der Waals surface area contributed by atoms with Crippen LogP contribution in [0.5, 0.6) is 5.88 Å². The standard InChI is InChI=1S/C19H23N5O/c1-13(2)25-18-11-15-16(12-21-18)22-23-19(15)14-6-7-20-17(10-14)24-8-4-3-5-9-24/h6-7,10-13H,3-5,8-9H2,1-2H3,(H,22,23). The fourth-order valence-electron chi connectivity index (χ4n) is 3.29. The summed E-state index contributed by atoms with van der Waals surface area (Å²) in [6.07, 6.45) is 7.51. The molecular weight excluding hydrogens is 314 g/mol. The number of aromatic amines is 1. The van der Waals surface area contributed by atoms with Crippen molar-refractivity contribution in [3.8, 4) is 17.1 Å². The molecule has 1 aliphatic heterocycles. The zero-order chi connectivity index (χ0) is 17.2. The van der Waals surface area contributed by atoms with Gasteiger partial charge in [0.05, 0.1) is 17.8 Å². The highest BCUT2D eigenvalue weighted by atomic mass is 16.5. The van der Waals surface area contributed by atoms with Crippen molar-refractivity contribution in [3.05, 3.63) is 30.6 Å². The second kappa shape index (κ2) is 6.70. The Kier molecular flexibility index (Phi) is 4.26. The van der Waals surface area contributed by atoms with Crippen LogP contribution < -0.4 is 9.64 Å². The van der Waals surface area contributed by atoms with E-state index in [1.807, 2.05) is 32.2 Å². The van der Waals surface area contributed by atoms with E-state index in [2.05, 4.69) is 31.1 Å². The minimum Gasteiger partial charge on any atom is -0.475 e. The third kappa shape index (κ3) is 3.29. The van der Waals surface area contributed by atoms with Gasteiger partial charge in [-0.2, -0.15) is 5.10 Å². The lowest BCUT2D eigenvalue weighted by molar-refractivity contribution is 0.233. The van der Waals surface area contributed by atoms with Gasteiger partial charge in [0.1, 0.15) is 11.5 Å². The predicted molar refractivity (Wildman–Crippen MR) is 98.9 cm³/mol. The van der Waals surface area contributed by atoms with Crippen LogP contribution in [0.1, 0.15) is 33.1 Å². The maximum absolute atomic E-state index is 5.73. The molecule has 1 aliphatic rings. The highest BCUT2D eigenvalue weighted by Crippen LogP contribution is 2.30. The average molecular weight is 337 g/mol. The third-order valence-electron chi connectivity index (χ3n) is 4.48. The molecule has 6 heteroatoms. The van der Waals surface area contributed by atoms with Gasteiger partial charge < -0.3 is 9.64 Å². The first-order chi connectivity index (χ1) is 12.2. The molecule has 0 atom stereocenters. The maximum Gasteiger partial charge on any atom is 0.214 e. The van der Waals surface area contributed by atoms with Gasteiger partial charge in [0.2, 0.25) is 5.88 Å². The molecule has 4 heterocycles. The number of fused-ring (bicyclic) bond motifs is 1. The number of H-pyrrole nitrogens is 1. The molecule has 0 aromatic carbocycles. The number of aromatic nitrogens is 4. The molecule has 3 aromatic rings. The van der Waals surface area contributed by atoms with Crippen molar-refractivity contribution in [2.24, 2.45) is 0 Å². The molecule has 1 N–H and O–H groups in total. The molecule has 1 saturated heterocycles. The Bertz CT molecular complexity index is 867. The summed E-state index contributed by atoms with van der Waals surface area (Å²) in [6, 6.07) is 6.09. The maximum atomic E-state index is 5.73. The molecule has 1 fully saturated rings. The number of ether oxygens (including phenoxy) is 1. The fraction of sp³-hybridized carbons (Fsp3) is 0.421. The summed E-state index contributed by atoms with van der Waals surface area (Å²) in [7, 11) is 0. The first kappa shape index (κ1) is 15.9. The van der Waals surface area contributed by atoms with Gasteiger partial charge in [-0.1, -0.05) is 0 Å². The molecular formula is C19H23N5O. The average Bonchev–Trinajstić information content (AvgIpc) is 3.05. The summed E-state index contributed by atoms with van der Waals surface area (Å²) in [6.45, 7) is 6.15. The molecule has 4 rings (SSSR count). The van der Waals surface area contributed by atoms with E-state index in [0.29, 0.717) is 5.88 Å². The molecule has 0 saturated carbocycles. The Balaban J connectivity index is 1.71. The minimum atomic E-state index is 0.0898. The van der Waals surface area contributed by atoms with Crippen LogP contribution in [0.2, 0.25) is 0 Å². The molecule has 25 heavy (non-hydrogen) atoms. The van der Waals surface area contributed by atoms with Gasteiger partial charge in [0.25, 0.3) is 0 Å². The van der Waals surface area contributed by atoms with Gasteiger partial charge in [-0.3, -0.25) is 5.10 Å². The normalized spacial score (nSPS) is 15.1. The van der Waals surface area contributed by atoms with E-state index in [1.165, 1.54) is 19.3 Å². The number of rotatable bonds is 4. The van der Waals surface area contributed by atoms with Crippen LogP contribution >= 0.6 is 0 Å². The lowest BCUT2D eigenvalue weighted by Crippen LogP contribution is -2.30. The number of hydrogen-bond donors (Lipinski definition) is 1. The Hall–Kier alpha value is -2.63. The molecule has 0 amide bonds. The predicted octanol–water partition coefficient (Wildman–Crippen LogP) is 3.80.